The largest absolute Gasteiger partial charge is 0.340 e. The molecule has 1 N–H and O–H groups in total. The van der Waals surface area contributed by atoms with Crippen LogP contribution in [-0.4, -0.2) is 56.4 Å². The third kappa shape index (κ3) is 4.24. The van der Waals surface area contributed by atoms with Crippen LogP contribution in [0.3, 0.4) is 0 Å². The van der Waals surface area contributed by atoms with E-state index in [1.165, 1.54) is 6.92 Å². The van der Waals surface area contributed by atoms with E-state index in [0.29, 0.717) is 19.1 Å². The van der Waals surface area contributed by atoms with Gasteiger partial charge in [0.2, 0.25) is 5.91 Å². The van der Waals surface area contributed by atoms with Crippen molar-refractivity contribution < 1.29 is 13.2 Å². The summed E-state index contributed by atoms with van der Waals surface area (Å²) in [5, 5.41) is 2.46. The Labute approximate surface area is 110 Å². The molecule has 1 rings (SSSR count). The zero-order chi connectivity index (χ0) is 13.8. The van der Waals surface area contributed by atoms with E-state index in [0.717, 1.165) is 32.1 Å². The van der Waals surface area contributed by atoms with Crippen LogP contribution in [0.15, 0.2) is 0 Å². The normalized spacial score (nSPS) is 22.8. The molecule has 2 atom stereocenters. The van der Waals surface area contributed by atoms with Crippen LogP contribution in [0.2, 0.25) is 0 Å². The zero-order valence-electron chi connectivity index (χ0n) is 11.5. The van der Waals surface area contributed by atoms with E-state index in [1.807, 2.05) is 0 Å². The number of hydrogen-bond acceptors (Lipinski definition) is 4. The first kappa shape index (κ1) is 15.4. The van der Waals surface area contributed by atoms with Gasteiger partial charge < -0.3 is 10.2 Å². The minimum Gasteiger partial charge on any atom is -0.340 e. The van der Waals surface area contributed by atoms with E-state index in [4.69, 9.17) is 0 Å². The average molecular weight is 276 g/mol. The van der Waals surface area contributed by atoms with Gasteiger partial charge in [0.15, 0.2) is 9.84 Å². The summed E-state index contributed by atoms with van der Waals surface area (Å²) in [5.74, 6) is -0.263. The van der Waals surface area contributed by atoms with E-state index < -0.39 is 15.1 Å². The summed E-state index contributed by atoms with van der Waals surface area (Å²) < 4.78 is 22.8. The summed E-state index contributed by atoms with van der Waals surface area (Å²) in [6.07, 6.45) is 4.16. The minimum atomic E-state index is -3.30. The Morgan fingerprint density at radius 2 is 2.17 bits per heavy atom. The molecule has 5 nitrogen and oxygen atoms in total. The second kappa shape index (κ2) is 6.52. The molecule has 1 aliphatic rings. The monoisotopic (exact) mass is 276 g/mol. The van der Waals surface area contributed by atoms with Crippen LogP contribution >= 0.6 is 0 Å². The number of carbonyl (C=O) groups excluding carboxylic acids is 1. The summed E-state index contributed by atoms with van der Waals surface area (Å²) in [7, 11) is -3.30. The lowest BCUT2D eigenvalue weighted by Crippen LogP contribution is -2.51. The Morgan fingerprint density at radius 3 is 2.72 bits per heavy atom. The number of hydrogen-bond donors (Lipinski definition) is 1. The topological polar surface area (TPSA) is 66.5 Å². The molecular weight excluding hydrogens is 252 g/mol. The molecule has 1 aliphatic heterocycles. The van der Waals surface area contributed by atoms with Gasteiger partial charge >= 0.3 is 0 Å². The van der Waals surface area contributed by atoms with Gasteiger partial charge in [0.05, 0.1) is 0 Å². The first-order chi connectivity index (χ1) is 8.36. The van der Waals surface area contributed by atoms with Gasteiger partial charge in [0.25, 0.3) is 0 Å². The molecule has 6 heteroatoms. The van der Waals surface area contributed by atoms with Crippen LogP contribution in [0.4, 0.5) is 0 Å². The Bertz CT molecular complexity index is 381. The van der Waals surface area contributed by atoms with Gasteiger partial charge in [0.1, 0.15) is 5.25 Å². The molecule has 18 heavy (non-hydrogen) atoms. The predicted molar refractivity (Wildman–Crippen MR) is 72.2 cm³/mol. The van der Waals surface area contributed by atoms with Gasteiger partial charge in [-0.1, -0.05) is 6.92 Å². The zero-order valence-corrected chi connectivity index (χ0v) is 12.3. The first-order valence-corrected chi connectivity index (χ1v) is 8.52. The summed E-state index contributed by atoms with van der Waals surface area (Å²) in [6.45, 7) is 5.81. The molecule has 0 aromatic rings. The molecule has 0 radical (unpaired) electrons. The molecule has 1 fully saturated rings. The van der Waals surface area contributed by atoms with Crippen molar-refractivity contribution in [1.82, 2.24) is 10.2 Å². The molecule has 0 aromatic heterocycles. The number of sulfone groups is 1. The SMILES string of the molecule is CCCNC1CCCN(C(=O)C(C)S(C)(=O)=O)C1. The van der Waals surface area contributed by atoms with Crippen LogP contribution in [0.25, 0.3) is 0 Å². The van der Waals surface area contributed by atoms with E-state index in [-0.39, 0.29) is 5.91 Å². The first-order valence-electron chi connectivity index (χ1n) is 6.57. The van der Waals surface area contributed by atoms with Gasteiger partial charge in [-0.3, -0.25) is 4.79 Å². The Balaban J connectivity index is 2.58. The van der Waals surface area contributed by atoms with Crippen molar-refractivity contribution in [1.29, 1.82) is 0 Å². The maximum Gasteiger partial charge on any atom is 0.240 e. The van der Waals surface area contributed by atoms with Crippen molar-refractivity contribution in [2.75, 3.05) is 25.9 Å². The fourth-order valence-corrected chi connectivity index (χ4v) is 2.65. The second-order valence-electron chi connectivity index (χ2n) is 5.05. The van der Waals surface area contributed by atoms with E-state index >= 15 is 0 Å². The Hall–Kier alpha value is -0.620. The molecule has 0 aromatic carbocycles. The number of nitrogens with one attached hydrogen (secondary N) is 1. The van der Waals surface area contributed by atoms with E-state index in [1.54, 1.807) is 4.90 Å². The lowest BCUT2D eigenvalue weighted by molar-refractivity contribution is -0.131. The summed E-state index contributed by atoms with van der Waals surface area (Å²) in [6, 6.07) is 0.300. The Morgan fingerprint density at radius 1 is 1.50 bits per heavy atom. The highest BCUT2D eigenvalue weighted by atomic mass is 32.2. The highest BCUT2D eigenvalue weighted by molar-refractivity contribution is 7.92. The van der Waals surface area contributed by atoms with Crippen LogP contribution in [0.5, 0.6) is 0 Å². The second-order valence-corrected chi connectivity index (χ2v) is 7.42. The number of piperidine rings is 1. The predicted octanol–water partition coefficient (Wildman–Crippen LogP) is 0.410. The lowest BCUT2D eigenvalue weighted by atomic mass is 10.1. The summed E-state index contributed by atoms with van der Waals surface area (Å²) in [5.41, 5.74) is 0. The minimum absolute atomic E-state index is 0.263. The molecule has 106 valence electrons. The summed E-state index contributed by atoms with van der Waals surface area (Å²) >= 11 is 0. The molecule has 0 aliphatic carbocycles. The third-order valence-electron chi connectivity index (χ3n) is 3.41. The molecular formula is C12H24N2O3S. The van der Waals surface area contributed by atoms with Gasteiger partial charge in [-0.25, -0.2) is 8.42 Å². The van der Waals surface area contributed by atoms with Crippen molar-refractivity contribution in [2.45, 2.75) is 44.4 Å². The summed E-state index contributed by atoms with van der Waals surface area (Å²) in [4.78, 5) is 13.8. The van der Waals surface area contributed by atoms with E-state index in [2.05, 4.69) is 12.2 Å². The van der Waals surface area contributed by atoms with Crippen molar-refractivity contribution in [3.05, 3.63) is 0 Å². The van der Waals surface area contributed by atoms with Crippen molar-refractivity contribution >= 4 is 15.7 Å². The molecule has 1 heterocycles. The smallest absolute Gasteiger partial charge is 0.240 e. The fraction of sp³-hybridized carbons (Fsp3) is 0.917. The van der Waals surface area contributed by atoms with Crippen LogP contribution in [-0.2, 0) is 14.6 Å². The van der Waals surface area contributed by atoms with Gasteiger partial charge in [-0.05, 0) is 32.7 Å². The standard InChI is InChI=1S/C12H24N2O3S/c1-4-7-13-11-6-5-8-14(9-11)12(15)10(2)18(3,16)17/h10-11,13H,4-9H2,1-3H3. The maximum absolute atomic E-state index is 12.1. The molecule has 1 saturated heterocycles. The molecule has 0 bridgehead atoms. The van der Waals surface area contributed by atoms with Crippen LogP contribution in [0.1, 0.15) is 33.1 Å². The lowest BCUT2D eigenvalue weighted by Gasteiger charge is -2.34. The third-order valence-corrected chi connectivity index (χ3v) is 4.89. The van der Waals surface area contributed by atoms with Crippen molar-refractivity contribution in [2.24, 2.45) is 0 Å². The maximum atomic E-state index is 12.1. The highest BCUT2D eigenvalue weighted by Crippen LogP contribution is 2.13. The van der Waals surface area contributed by atoms with Gasteiger partial charge in [-0.2, -0.15) is 0 Å². The Kier molecular flexibility index (Phi) is 5.59. The number of amides is 1. The van der Waals surface area contributed by atoms with Crippen molar-refractivity contribution in [3.63, 3.8) is 0 Å². The van der Waals surface area contributed by atoms with E-state index in [9.17, 15) is 13.2 Å². The molecule has 1 amide bonds. The molecule has 2 unspecified atom stereocenters. The van der Waals surface area contributed by atoms with Crippen LogP contribution < -0.4 is 5.32 Å². The number of rotatable bonds is 5. The number of nitrogens with zero attached hydrogens (tertiary/aromatic N) is 1. The van der Waals surface area contributed by atoms with Gasteiger partial charge in [0, 0.05) is 25.4 Å². The quantitative estimate of drug-likeness (QED) is 0.790. The van der Waals surface area contributed by atoms with Crippen LogP contribution in [0, 0.1) is 0 Å². The number of carbonyl (C=O) groups is 1. The van der Waals surface area contributed by atoms with Gasteiger partial charge in [-0.15, -0.1) is 0 Å². The van der Waals surface area contributed by atoms with Crippen molar-refractivity contribution in [3.8, 4) is 0 Å². The molecule has 0 spiro atoms. The average Bonchev–Trinajstić information content (AvgIpc) is 2.33. The fourth-order valence-electron chi connectivity index (χ4n) is 2.13. The number of likely N-dealkylation sites (tertiary alicyclic amines) is 1. The molecule has 0 saturated carbocycles. The highest BCUT2D eigenvalue weighted by Gasteiger charge is 2.31.